The Morgan fingerprint density at radius 3 is 2.17 bits per heavy atom. The van der Waals surface area contributed by atoms with Gasteiger partial charge >= 0.3 is 5.97 Å². The van der Waals surface area contributed by atoms with E-state index in [9.17, 15) is 9.59 Å². The highest BCUT2D eigenvalue weighted by Gasteiger charge is 2.25. The summed E-state index contributed by atoms with van der Waals surface area (Å²) in [5.41, 5.74) is 6.62. The van der Waals surface area contributed by atoms with Gasteiger partial charge in [-0.15, -0.1) is 0 Å². The van der Waals surface area contributed by atoms with Gasteiger partial charge in [0.2, 0.25) is 5.88 Å². The number of aromatic nitrogens is 2. The first-order chi connectivity index (χ1) is 16.7. The number of esters is 1. The number of anilines is 1. The minimum Gasteiger partial charge on any atom is -0.407 e. The summed E-state index contributed by atoms with van der Waals surface area (Å²) in [6, 6.07) is 22.8. The van der Waals surface area contributed by atoms with E-state index in [1.807, 2.05) is 80.6 Å². The van der Waals surface area contributed by atoms with Crippen LogP contribution in [0.1, 0.15) is 53.9 Å². The molecular formula is C29H29N3O3. The fourth-order valence-electron chi connectivity index (χ4n) is 3.97. The summed E-state index contributed by atoms with van der Waals surface area (Å²) < 4.78 is 7.40. The third-order valence-corrected chi connectivity index (χ3v) is 5.62. The Morgan fingerprint density at radius 1 is 0.914 bits per heavy atom. The fraction of sp³-hybridized carbons (Fsp3) is 0.207. The number of hydrogen-bond acceptors (Lipinski definition) is 4. The third-order valence-electron chi connectivity index (χ3n) is 5.62. The second-order valence-corrected chi connectivity index (χ2v) is 8.97. The van der Waals surface area contributed by atoms with Crippen molar-refractivity contribution < 1.29 is 14.3 Å². The Labute approximate surface area is 205 Å². The van der Waals surface area contributed by atoms with Crippen molar-refractivity contribution in [2.24, 2.45) is 0 Å². The molecule has 4 rings (SSSR count). The molecule has 0 saturated carbocycles. The first-order valence-corrected chi connectivity index (χ1v) is 11.6. The van der Waals surface area contributed by atoms with E-state index in [1.165, 1.54) is 6.92 Å². The molecule has 0 radical (unpaired) electrons. The van der Waals surface area contributed by atoms with Crippen molar-refractivity contribution in [3.05, 3.63) is 95.2 Å². The van der Waals surface area contributed by atoms with Crippen molar-refractivity contribution in [1.82, 2.24) is 9.78 Å². The zero-order chi connectivity index (χ0) is 25.1. The molecule has 35 heavy (non-hydrogen) atoms. The molecule has 0 atom stereocenters. The maximum absolute atomic E-state index is 12.6. The molecule has 6 heteroatoms. The van der Waals surface area contributed by atoms with Gasteiger partial charge in [0.25, 0.3) is 5.91 Å². The minimum atomic E-state index is -0.419. The molecule has 1 amide bonds. The van der Waals surface area contributed by atoms with Gasteiger partial charge < -0.3 is 10.1 Å². The van der Waals surface area contributed by atoms with E-state index in [4.69, 9.17) is 9.84 Å². The van der Waals surface area contributed by atoms with Crippen LogP contribution in [-0.2, 0) is 4.79 Å². The Hall–Kier alpha value is -4.19. The summed E-state index contributed by atoms with van der Waals surface area (Å²) in [5, 5.41) is 7.78. The quantitative estimate of drug-likeness (QED) is 0.330. The maximum Gasteiger partial charge on any atom is 0.309 e. The second kappa shape index (κ2) is 9.97. The summed E-state index contributed by atoms with van der Waals surface area (Å²) in [4.78, 5) is 24.7. The molecule has 0 aliphatic rings. The number of nitrogens with one attached hydrogen (secondary N) is 1. The van der Waals surface area contributed by atoms with E-state index >= 15 is 0 Å². The fourth-order valence-corrected chi connectivity index (χ4v) is 3.97. The van der Waals surface area contributed by atoms with Gasteiger partial charge in [-0.1, -0.05) is 55.8 Å². The number of nitrogens with zero attached hydrogens (tertiary/aromatic N) is 2. The van der Waals surface area contributed by atoms with Crippen LogP contribution in [0.2, 0.25) is 0 Å². The molecule has 1 N–H and O–H groups in total. The van der Waals surface area contributed by atoms with E-state index in [0.29, 0.717) is 17.1 Å². The Bertz CT molecular complexity index is 1380. The van der Waals surface area contributed by atoms with Gasteiger partial charge in [0.1, 0.15) is 0 Å². The second-order valence-electron chi connectivity index (χ2n) is 8.97. The van der Waals surface area contributed by atoms with Gasteiger partial charge in [0, 0.05) is 18.2 Å². The number of rotatable bonds is 6. The molecule has 1 heterocycles. The molecule has 0 bridgehead atoms. The van der Waals surface area contributed by atoms with E-state index in [-0.39, 0.29) is 11.8 Å². The molecular weight excluding hydrogens is 438 g/mol. The molecule has 3 aromatic carbocycles. The van der Waals surface area contributed by atoms with Gasteiger partial charge in [-0.3, -0.25) is 9.59 Å². The summed E-state index contributed by atoms with van der Waals surface area (Å²) in [7, 11) is 0. The Balaban J connectivity index is 1.74. The number of carbonyl (C=O) groups excluding carboxylic acids is 2. The van der Waals surface area contributed by atoms with E-state index in [0.717, 1.165) is 33.6 Å². The third kappa shape index (κ3) is 5.32. The van der Waals surface area contributed by atoms with Gasteiger partial charge in [-0.25, -0.2) is 0 Å². The number of ether oxygens (including phenoxy) is 1. The molecule has 178 valence electrons. The number of amides is 1. The van der Waals surface area contributed by atoms with Crippen LogP contribution in [0, 0.1) is 13.8 Å². The monoisotopic (exact) mass is 467 g/mol. The van der Waals surface area contributed by atoms with Crippen LogP contribution in [0.4, 0.5) is 5.69 Å². The van der Waals surface area contributed by atoms with Gasteiger partial charge in [-0.05, 0) is 67.3 Å². The predicted molar refractivity (Wildman–Crippen MR) is 138 cm³/mol. The predicted octanol–water partition coefficient (Wildman–Crippen LogP) is 6.46. The summed E-state index contributed by atoms with van der Waals surface area (Å²) >= 11 is 0. The topological polar surface area (TPSA) is 73.2 Å². The van der Waals surface area contributed by atoms with Crippen LogP contribution in [0.15, 0.2) is 72.8 Å². The molecule has 0 saturated heterocycles. The standard InChI is InChI=1S/C29H29N3O3/c1-18(2)27-26(29(35-21(5)33)32(31-27)25-11-7-9-20(4)17-25)22-12-14-24(15-13-22)30-28(34)23-10-6-8-19(3)16-23/h6-18H,1-5H3,(H,30,34). The molecule has 0 unspecified atom stereocenters. The molecule has 6 nitrogen and oxygen atoms in total. The van der Waals surface area contributed by atoms with Gasteiger partial charge in [0.05, 0.1) is 16.9 Å². The van der Waals surface area contributed by atoms with Gasteiger partial charge in [-0.2, -0.15) is 9.78 Å². The number of carbonyl (C=O) groups is 2. The van der Waals surface area contributed by atoms with Crippen molar-refractivity contribution in [1.29, 1.82) is 0 Å². The molecule has 4 aromatic rings. The highest BCUT2D eigenvalue weighted by Crippen LogP contribution is 2.39. The molecule has 0 aliphatic carbocycles. The maximum atomic E-state index is 12.6. The molecule has 0 aliphatic heterocycles. The van der Waals surface area contributed by atoms with E-state index in [1.54, 1.807) is 10.7 Å². The van der Waals surface area contributed by atoms with Crippen LogP contribution in [0.5, 0.6) is 5.88 Å². The summed E-state index contributed by atoms with van der Waals surface area (Å²) in [6.45, 7) is 9.46. The average molecular weight is 468 g/mol. The average Bonchev–Trinajstić information content (AvgIpc) is 3.18. The van der Waals surface area contributed by atoms with Crippen LogP contribution in [-0.4, -0.2) is 21.7 Å². The van der Waals surface area contributed by atoms with Crippen LogP contribution in [0.25, 0.3) is 16.8 Å². The van der Waals surface area contributed by atoms with Crippen molar-refractivity contribution in [3.8, 4) is 22.7 Å². The van der Waals surface area contributed by atoms with E-state index < -0.39 is 5.97 Å². The molecule has 0 spiro atoms. The van der Waals surface area contributed by atoms with Crippen LogP contribution in [0.3, 0.4) is 0 Å². The largest absolute Gasteiger partial charge is 0.407 e. The lowest BCUT2D eigenvalue weighted by Crippen LogP contribution is -2.11. The van der Waals surface area contributed by atoms with Crippen molar-refractivity contribution in [3.63, 3.8) is 0 Å². The van der Waals surface area contributed by atoms with Gasteiger partial charge in [0.15, 0.2) is 0 Å². The van der Waals surface area contributed by atoms with E-state index in [2.05, 4.69) is 19.2 Å². The number of aryl methyl sites for hydroxylation is 2. The normalized spacial score (nSPS) is 10.9. The van der Waals surface area contributed by atoms with Crippen molar-refractivity contribution >= 4 is 17.6 Å². The molecule has 0 fully saturated rings. The summed E-state index contributed by atoms with van der Waals surface area (Å²) in [6.07, 6.45) is 0. The Morgan fingerprint density at radius 2 is 1.57 bits per heavy atom. The lowest BCUT2D eigenvalue weighted by atomic mass is 9.99. The molecule has 1 aromatic heterocycles. The summed E-state index contributed by atoms with van der Waals surface area (Å²) in [5.74, 6) is -0.121. The SMILES string of the molecule is CC(=O)Oc1c(-c2ccc(NC(=O)c3cccc(C)c3)cc2)c(C(C)C)nn1-c1cccc(C)c1. The number of hydrogen-bond donors (Lipinski definition) is 1. The Kier molecular flexibility index (Phi) is 6.82. The first kappa shape index (κ1) is 24.0. The smallest absolute Gasteiger partial charge is 0.309 e. The lowest BCUT2D eigenvalue weighted by molar-refractivity contribution is -0.132. The first-order valence-electron chi connectivity index (χ1n) is 11.6. The van der Waals surface area contributed by atoms with Crippen LogP contribution >= 0.6 is 0 Å². The zero-order valence-electron chi connectivity index (χ0n) is 20.6. The van der Waals surface area contributed by atoms with Crippen LogP contribution < -0.4 is 10.1 Å². The minimum absolute atomic E-state index is 0.0890. The highest BCUT2D eigenvalue weighted by atomic mass is 16.5. The number of benzene rings is 3. The lowest BCUT2D eigenvalue weighted by Gasteiger charge is -2.11. The van der Waals surface area contributed by atoms with Crippen molar-refractivity contribution in [2.75, 3.05) is 5.32 Å². The van der Waals surface area contributed by atoms with Crippen molar-refractivity contribution in [2.45, 2.75) is 40.5 Å². The highest BCUT2D eigenvalue weighted by molar-refractivity contribution is 6.04. The zero-order valence-corrected chi connectivity index (χ0v) is 20.6.